The van der Waals surface area contributed by atoms with E-state index in [1.54, 1.807) is 0 Å². The minimum atomic E-state index is -0.0963. The molecule has 0 amide bonds. The van der Waals surface area contributed by atoms with Crippen LogP contribution >= 0.6 is 0 Å². The fourth-order valence-electron chi connectivity index (χ4n) is 2.55. The molecule has 3 heteroatoms. The molecule has 0 spiro atoms. The van der Waals surface area contributed by atoms with Crippen molar-refractivity contribution in [2.75, 3.05) is 0 Å². The van der Waals surface area contributed by atoms with Crippen molar-refractivity contribution < 1.29 is 0 Å². The first-order valence-corrected chi connectivity index (χ1v) is 7.07. The number of hydrogen-bond acceptors (Lipinski definition) is 3. The molecule has 2 N–H and O–H groups in total. The summed E-state index contributed by atoms with van der Waals surface area (Å²) in [5.74, 6) is 1.42. The van der Waals surface area contributed by atoms with E-state index in [4.69, 9.17) is 10.7 Å². The third kappa shape index (κ3) is 3.08. The van der Waals surface area contributed by atoms with Gasteiger partial charge in [0.1, 0.15) is 5.82 Å². The summed E-state index contributed by atoms with van der Waals surface area (Å²) < 4.78 is 0. The van der Waals surface area contributed by atoms with E-state index < -0.39 is 0 Å². The first-order valence-electron chi connectivity index (χ1n) is 7.07. The highest BCUT2D eigenvalue weighted by atomic mass is 14.9. The van der Waals surface area contributed by atoms with Crippen molar-refractivity contribution >= 4 is 0 Å². The number of aromatic nitrogens is 2. The Balaban J connectivity index is 2.19. The van der Waals surface area contributed by atoms with E-state index >= 15 is 0 Å². The Morgan fingerprint density at radius 1 is 1.22 bits per heavy atom. The molecule has 0 radical (unpaired) electrons. The predicted octanol–water partition coefficient (Wildman–Crippen LogP) is 3.57. The summed E-state index contributed by atoms with van der Waals surface area (Å²) in [5, 5.41) is 0. The zero-order valence-corrected chi connectivity index (χ0v) is 11.8. The van der Waals surface area contributed by atoms with Gasteiger partial charge in [0.15, 0.2) is 0 Å². The van der Waals surface area contributed by atoms with E-state index in [0.29, 0.717) is 5.92 Å². The van der Waals surface area contributed by atoms with Gasteiger partial charge < -0.3 is 5.73 Å². The minimum absolute atomic E-state index is 0.00515. The molecule has 0 saturated heterocycles. The van der Waals surface area contributed by atoms with E-state index in [0.717, 1.165) is 5.82 Å². The third-order valence-corrected chi connectivity index (χ3v) is 3.93. The van der Waals surface area contributed by atoms with Crippen LogP contribution in [0.5, 0.6) is 0 Å². The van der Waals surface area contributed by atoms with Gasteiger partial charge in [-0.3, -0.25) is 0 Å². The van der Waals surface area contributed by atoms with E-state index in [1.807, 2.05) is 6.20 Å². The summed E-state index contributed by atoms with van der Waals surface area (Å²) in [6, 6.07) is 1.97. The summed E-state index contributed by atoms with van der Waals surface area (Å²) in [5.41, 5.74) is 7.44. The van der Waals surface area contributed by atoms with Crippen molar-refractivity contribution in [1.82, 2.24) is 9.97 Å². The van der Waals surface area contributed by atoms with Crippen LogP contribution in [-0.2, 0) is 0 Å². The summed E-state index contributed by atoms with van der Waals surface area (Å²) in [7, 11) is 0. The highest BCUT2D eigenvalue weighted by Crippen LogP contribution is 2.33. The molecule has 1 unspecified atom stereocenters. The number of nitrogens with zero attached hydrogens (tertiary/aromatic N) is 2. The zero-order chi connectivity index (χ0) is 13.2. The topological polar surface area (TPSA) is 51.8 Å². The largest absolute Gasteiger partial charge is 0.321 e. The van der Waals surface area contributed by atoms with Crippen molar-refractivity contribution in [3.63, 3.8) is 0 Å². The predicted molar refractivity (Wildman–Crippen MR) is 74.2 cm³/mol. The second-order valence-corrected chi connectivity index (χ2v) is 6.52. The second-order valence-electron chi connectivity index (χ2n) is 6.52. The Morgan fingerprint density at radius 2 is 1.89 bits per heavy atom. The lowest BCUT2D eigenvalue weighted by molar-refractivity contribution is 0.313. The van der Waals surface area contributed by atoms with Gasteiger partial charge in [0, 0.05) is 17.8 Å². The van der Waals surface area contributed by atoms with Gasteiger partial charge in [-0.05, 0) is 24.3 Å². The molecule has 1 saturated carbocycles. The Labute approximate surface area is 110 Å². The molecule has 2 rings (SSSR count). The second kappa shape index (κ2) is 5.35. The van der Waals surface area contributed by atoms with Gasteiger partial charge in [0.25, 0.3) is 0 Å². The maximum atomic E-state index is 6.25. The maximum absolute atomic E-state index is 6.25. The number of nitrogens with two attached hydrogens (primary N) is 1. The molecule has 0 bridgehead atoms. The lowest BCUT2D eigenvalue weighted by Gasteiger charge is -2.27. The molecule has 1 aromatic heterocycles. The molecular weight excluding hydrogens is 222 g/mol. The van der Waals surface area contributed by atoms with Crippen molar-refractivity contribution in [2.45, 2.75) is 64.8 Å². The molecular formula is C15H25N3. The van der Waals surface area contributed by atoms with Crippen LogP contribution in [0.2, 0.25) is 0 Å². The molecule has 1 aliphatic carbocycles. The molecule has 1 heterocycles. The smallest absolute Gasteiger partial charge is 0.145 e. The normalized spacial score (nSPS) is 19.8. The summed E-state index contributed by atoms with van der Waals surface area (Å²) in [6.07, 6.45) is 8.43. The van der Waals surface area contributed by atoms with Gasteiger partial charge >= 0.3 is 0 Å². The minimum Gasteiger partial charge on any atom is -0.321 e. The number of rotatable bonds is 2. The molecule has 1 fully saturated rings. The van der Waals surface area contributed by atoms with Crippen LogP contribution < -0.4 is 5.73 Å². The Kier molecular flexibility index (Phi) is 4.00. The van der Waals surface area contributed by atoms with Crippen LogP contribution in [0.15, 0.2) is 12.3 Å². The van der Waals surface area contributed by atoms with Crippen LogP contribution in [0, 0.1) is 5.41 Å². The van der Waals surface area contributed by atoms with Crippen molar-refractivity contribution in [3.05, 3.63) is 23.8 Å². The summed E-state index contributed by atoms with van der Waals surface area (Å²) in [6.45, 7) is 6.40. The van der Waals surface area contributed by atoms with Gasteiger partial charge in [0.2, 0.25) is 0 Å². The van der Waals surface area contributed by atoms with E-state index in [9.17, 15) is 0 Å². The van der Waals surface area contributed by atoms with Gasteiger partial charge in [0.05, 0.1) is 6.04 Å². The summed E-state index contributed by atoms with van der Waals surface area (Å²) >= 11 is 0. The molecule has 3 nitrogen and oxygen atoms in total. The Morgan fingerprint density at radius 3 is 2.50 bits per heavy atom. The molecule has 18 heavy (non-hydrogen) atoms. The number of hydrogen-bond donors (Lipinski definition) is 1. The fourth-order valence-corrected chi connectivity index (χ4v) is 2.55. The van der Waals surface area contributed by atoms with Gasteiger partial charge in [-0.25, -0.2) is 9.97 Å². The van der Waals surface area contributed by atoms with Crippen molar-refractivity contribution in [3.8, 4) is 0 Å². The highest BCUT2D eigenvalue weighted by Gasteiger charge is 2.26. The molecule has 100 valence electrons. The SMILES string of the molecule is CC(C)(C)C(N)c1nccc(C2CCCCC2)n1. The standard InChI is InChI=1S/C15H25N3/c1-15(2,3)13(16)14-17-10-9-12(18-14)11-7-5-4-6-8-11/h9-11,13H,4-8,16H2,1-3H3. The maximum Gasteiger partial charge on any atom is 0.145 e. The lowest BCUT2D eigenvalue weighted by Crippen LogP contribution is -2.28. The first kappa shape index (κ1) is 13.5. The average Bonchev–Trinajstić information content (AvgIpc) is 2.38. The van der Waals surface area contributed by atoms with E-state index in [1.165, 1.54) is 37.8 Å². The van der Waals surface area contributed by atoms with Gasteiger partial charge in [-0.1, -0.05) is 40.0 Å². The van der Waals surface area contributed by atoms with E-state index in [2.05, 4.69) is 31.8 Å². The van der Waals surface area contributed by atoms with Crippen LogP contribution in [0.3, 0.4) is 0 Å². The molecule has 0 aromatic carbocycles. The van der Waals surface area contributed by atoms with Gasteiger partial charge in [-0.2, -0.15) is 0 Å². The Hall–Kier alpha value is -0.960. The first-order chi connectivity index (χ1) is 8.48. The summed E-state index contributed by atoms with van der Waals surface area (Å²) in [4.78, 5) is 9.09. The molecule has 1 aromatic rings. The van der Waals surface area contributed by atoms with Crippen LogP contribution in [0.4, 0.5) is 0 Å². The highest BCUT2D eigenvalue weighted by molar-refractivity contribution is 5.11. The quantitative estimate of drug-likeness (QED) is 0.869. The monoisotopic (exact) mass is 247 g/mol. The van der Waals surface area contributed by atoms with Crippen molar-refractivity contribution in [1.29, 1.82) is 0 Å². The molecule has 1 aliphatic rings. The zero-order valence-electron chi connectivity index (χ0n) is 11.8. The molecule has 1 atom stereocenters. The van der Waals surface area contributed by atoms with Crippen molar-refractivity contribution in [2.24, 2.45) is 11.1 Å². The van der Waals surface area contributed by atoms with Crippen LogP contribution in [-0.4, -0.2) is 9.97 Å². The van der Waals surface area contributed by atoms with Crippen LogP contribution in [0.1, 0.15) is 76.4 Å². The Bertz CT molecular complexity index is 389. The van der Waals surface area contributed by atoms with E-state index in [-0.39, 0.29) is 11.5 Å². The average molecular weight is 247 g/mol. The van der Waals surface area contributed by atoms with Gasteiger partial charge in [-0.15, -0.1) is 0 Å². The fraction of sp³-hybridized carbons (Fsp3) is 0.733. The lowest BCUT2D eigenvalue weighted by atomic mass is 9.85. The third-order valence-electron chi connectivity index (χ3n) is 3.93. The molecule has 0 aliphatic heterocycles. The van der Waals surface area contributed by atoms with Crippen LogP contribution in [0.25, 0.3) is 0 Å².